The molecule has 3 aromatic rings. The Balaban J connectivity index is 1.48. The van der Waals surface area contributed by atoms with Gasteiger partial charge in [-0.3, -0.25) is 9.59 Å². The number of aromatic nitrogens is 3. The van der Waals surface area contributed by atoms with E-state index in [0.29, 0.717) is 23.2 Å². The molecule has 1 N–H and O–H groups in total. The van der Waals surface area contributed by atoms with Gasteiger partial charge < -0.3 is 14.8 Å². The second-order valence-corrected chi connectivity index (χ2v) is 8.13. The number of pyridine rings is 1. The number of fused-ring (bicyclic) bond motifs is 3. The number of hydrogen-bond acceptors (Lipinski definition) is 4. The average molecular weight is 403 g/mol. The highest BCUT2D eigenvalue weighted by molar-refractivity contribution is 6.11. The number of benzene rings is 1. The molecular weight excluding hydrogens is 378 g/mol. The number of anilines is 2. The van der Waals surface area contributed by atoms with Gasteiger partial charge in [-0.1, -0.05) is 12.5 Å². The van der Waals surface area contributed by atoms with Gasteiger partial charge in [0.05, 0.1) is 5.56 Å². The molecule has 0 radical (unpaired) electrons. The van der Waals surface area contributed by atoms with Crippen molar-refractivity contribution in [1.82, 2.24) is 14.5 Å². The largest absolute Gasteiger partial charge is 0.322 e. The normalized spacial score (nSPS) is 16.6. The van der Waals surface area contributed by atoms with Gasteiger partial charge in [-0.25, -0.2) is 9.97 Å². The highest BCUT2D eigenvalue weighted by Gasteiger charge is 2.23. The quantitative estimate of drug-likeness (QED) is 0.720. The number of carbonyl (C=O) groups is 2. The van der Waals surface area contributed by atoms with Crippen molar-refractivity contribution >= 4 is 34.4 Å². The molecule has 1 aromatic carbocycles. The van der Waals surface area contributed by atoms with Gasteiger partial charge in [-0.2, -0.15) is 0 Å². The number of nitrogens with one attached hydrogen (secondary N) is 1. The molecule has 2 aliphatic rings. The molecule has 7 nitrogen and oxygen atoms in total. The highest BCUT2D eigenvalue weighted by atomic mass is 16.2. The van der Waals surface area contributed by atoms with E-state index in [1.807, 2.05) is 31.2 Å². The molecule has 0 unspecified atom stereocenters. The number of nitrogens with zero attached hydrogens (tertiary/aromatic N) is 4. The molecule has 30 heavy (non-hydrogen) atoms. The molecule has 0 atom stereocenters. The van der Waals surface area contributed by atoms with E-state index in [-0.39, 0.29) is 11.8 Å². The van der Waals surface area contributed by atoms with Crippen molar-refractivity contribution < 1.29 is 9.59 Å². The first kappa shape index (κ1) is 18.8. The SMILES string of the molecule is Cc1cc(C(=O)Nc2cccc(N3CCCC3=O)c2)c2nc3n(c2n1)CCCCC3. The fourth-order valence-corrected chi connectivity index (χ4v) is 4.46. The van der Waals surface area contributed by atoms with Crippen molar-refractivity contribution in [3.8, 4) is 0 Å². The van der Waals surface area contributed by atoms with E-state index in [1.54, 1.807) is 11.0 Å². The van der Waals surface area contributed by atoms with Crippen LogP contribution in [-0.2, 0) is 17.8 Å². The lowest BCUT2D eigenvalue weighted by molar-refractivity contribution is -0.117. The standard InChI is InChI=1S/C23H25N5O2/c1-15-13-18(21-22(24-15)28-11-4-2-3-9-19(28)26-21)23(30)25-16-7-5-8-17(14-16)27-12-6-10-20(27)29/h5,7-8,13-14H,2-4,6,9-12H2,1H3,(H,25,30). The van der Waals surface area contributed by atoms with Gasteiger partial charge in [-0.15, -0.1) is 0 Å². The number of carbonyl (C=O) groups excluding carboxylic acids is 2. The molecular formula is C23H25N5O2. The minimum atomic E-state index is -0.205. The van der Waals surface area contributed by atoms with E-state index in [1.165, 1.54) is 6.42 Å². The lowest BCUT2D eigenvalue weighted by Crippen LogP contribution is -2.23. The number of hydrogen-bond donors (Lipinski definition) is 1. The predicted octanol–water partition coefficient (Wildman–Crippen LogP) is 3.85. The lowest BCUT2D eigenvalue weighted by Gasteiger charge is -2.17. The monoisotopic (exact) mass is 403 g/mol. The summed E-state index contributed by atoms with van der Waals surface area (Å²) in [4.78, 5) is 36.5. The Hall–Kier alpha value is -3.22. The molecule has 4 heterocycles. The third-order valence-corrected chi connectivity index (χ3v) is 5.93. The highest BCUT2D eigenvalue weighted by Crippen LogP contribution is 2.27. The summed E-state index contributed by atoms with van der Waals surface area (Å²) in [6.07, 6.45) is 5.79. The van der Waals surface area contributed by atoms with Crippen LogP contribution in [0.1, 0.15) is 54.0 Å². The van der Waals surface area contributed by atoms with Gasteiger partial charge in [0.2, 0.25) is 5.91 Å². The Morgan fingerprint density at radius 3 is 2.77 bits per heavy atom. The first-order chi connectivity index (χ1) is 14.6. The smallest absolute Gasteiger partial charge is 0.258 e. The van der Waals surface area contributed by atoms with Crippen LogP contribution in [0.3, 0.4) is 0 Å². The Kier molecular flexibility index (Phi) is 4.73. The van der Waals surface area contributed by atoms with Gasteiger partial charge in [0.15, 0.2) is 5.65 Å². The summed E-state index contributed by atoms with van der Waals surface area (Å²) in [6, 6.07) is 9.27. The lowest BCUT2D eigenvalue weighted by atomic mass is 10.1. The molecule has 5 rings (SSSR count). The van der Waals surface area contributed by atoms with Crippen LogP contribution in [-0.4, -0.2) is 32.9 Å². The number of aryl methyl sites for hydroxylation is 3. The van der Waals surface area contributed by atoms with E-state index >= 15 is 0 Å². The van der Waals surface area contributed by atoms with Crippen LogP contribution in [0.25, 0.3) is 11.2 Å². The van der Waals surface area contributed by atoms with Crippen molar-refractivity contribution in [2.24, 2.45) is 0 Å². The molecule has 0 aliphatic carbocycles. The molecule has 2 aromatic heterocycles. The van der Waals surface area contributed by atoms with E-state index in [0.717, 1.165) is 61.6 Å². The summed E-state index contributed by atoms with van der Waals surface area (Å²) >= 11 is 0. The minimum Gasteiger partial charge on any atom is -0.322 e. The van der Waals surface area contributed by atoms with E-state index in [4.69, 9.17) is 9.97 Å². The molecule has 0 spiro atoms. The van der Waals surface area contributed by atoms with E-state index in [2.05, 4.69) is 9.88 Å². The van der Waals surface area contributed by atoms with Crippen molar-refractivity contribution in [1.29, 1.82) is 0 Å². The minimum absolute atomic E-state index is 0.129. The Morgan fingerprint density at radius 1 is 1.03 bits per heavy atom. The Morgan fingerprint density at radius 2 is 1.93 bits per heavy atom. The van der Waals surface area contributed by atoms with Crippen LogP contribution in [0.2, 0.25) is 0 Å². The maximum absolute atomic E-state index is 13.2. The average Bonchev–Trinajstić information content (AvgIpc) is 3.22. The van der Waals surface area contributed by atoms with Gasteiger partial charge in [-0.05, 0) is 50.5 Å². The molecule has 0 saturated carbocycles. The zero-order valence-corrected chi connectivity index (χ0v) is 17.1. The van der Waals surface area contributed by atoms with E-state index in [9.17, 15) is 9.59 Å². The number of rotatable bonds is 3. The van der Waals surface area contributed by atoms with Crippen molar-refractivity contribution in [2.75, 3.05) is 16.8 Å². The molecule has 2 amide bonds. The number of amides is 2. The first-order valence-electron chi connectivity index (χ1n) is 10.7. The summed E-state index contributed by atoms with van der Waals surface area (Å²) in [5.41, 5.74) is 4.30. The van der Waals surface area contributed by atoms with Crippen LogP contribution >= 0.6 is 0 Å². The van der Waals surface area contributed by atoms with Crippen molar-refractivity contribution in [3.05, 3.63) is 47.4 Å². The van der Waals surface area contributed by atoms with Crippen LogP contribution < -0.4 is 10.2 Å². The second kappa shape index (κ2) is 7.55. The zero-order valence-electron chi connectivity index (χ0n) is 17.1. The third-order valence-electron chi connectivity index (χ3n) is 5.93. The van der Waals surface area contributed by atoms with Gasteiger partial charge in [0, 0.05) is 43.0 Å². The topological polar surface area (TPSA) is 80.1 Å². The summed E-state index contributed by atoms with van der Waals surface area (Å²) in [5.74, 6) is 0.942. The number of imidazole rings is 1. The summed E-state index contributed by atoms with van der Waals surface area (Å²) in [7, 11) is 0. The van der Waals surface area contributed by atoms with Crippen molar-refractivity contribution in [3.63, 3.8) is 0 Å². The second-order valence-electron chi connectivity index (χ2n) is 8.13. The molecule has 2 aliphatic heterocycles. The maximum atomic E-state index is 13.2. The fraction of sp³-hybridized carbons (Fsp3) is 0.391. The van der Waals surface area contributed by atoms with Crippen LogP contribution in [0, 0.1) is 6.92 Å². The third kappa shape index (κ3) is 3.34. The Bertz CT molecular complexity index is 1150. The van der Waals surface area contributed by atoms with Gasteiger partial charge in [0.1, 0.15) is 11.3 Å². The predicted molar refractivity (Wildman–Crippen MR) is 116 cm³/mol. The van der Waals surface area contributed by atoms with Gasteiger partial charge >= 0.3 is 0 Å². The summed E-state index contributed by atoms with van der Waals surface area (Å²) in [6.45, 7) is 3.53. The van der Waals surface area contributed by atoms with Gasteiger partial charge in [0.25, 0.3) is 5.91 Å². The molecule has 7 heteroatoms. The Labute approximate surface area is 175 Å². The maximum Gasteiger partial charge on any atom is 0.258 e. The molecule has 1 saturated heterocycles. The fourth-order valence-electron chi connectivity index (χ4n) is 4.46. The molecule has 0 bridgehead atoms. The van der Waals surface area contributed by atoms with Crippen molar-refractivity contribution in [2.45, 2.75) is 52.0 Å². The van der Waals surface area contributed by atoms with Crippen LogP contribution in [0.5, 0.6) is 0 Å². The first-order valence-corrected chi connectivity index (χ1v) is 10.7. The zero-order chi connectivity index (χ0) is 20.7. The van der Waals surface area contributed by atoms with Crippen LogP contribution in [0.4, 0.5) is 11.4 Å². The molecule has 154 valence electrons. The van der Waals surface area contributed by atoms with Crippen LogP contribution in [0.15, 0.2) is 30.3 Å². The summed E-state index contributed by atoms with van der Waals surface area (Å²) in [5, 5.41) is 3.00. The van der Waals surface area contributed by atoms with E-state index < -0.39 is 0 Å². The summed E-state index contributed by atoms with van der Waals surface area (Å²) < 4.78 is 2.17. The molecule has 1 fully saturated rings.